The number of benzene rings is 3. The van der Waals surface area contributed by atoms with Gasteiger partial charge in [-0.05, 0) is 59.2 Å². The monoisotopic (exact) mass is 502 g/mol. The molecule has 0 unspecified atom stereocenters. The van der Waals surface area contributed by atoms with Gasteiger partial charge in [0.05, 0.1) is 28.3 Å². The zero-order valence-electron chi connectivity index (χ0n) is 21.5. The summed E-state index contributed by atoms with van der Waals surface area (Å²) in [4.78, 5) is 23.4. The van der Waals surface area contributed by atoms with Crippen LogP contribution in [0.1, 0.15) is 52.2 Å². The van der Waals surface area contributed by atoms with Gasteiger partial charge in [-0.25, -0.2) is 4.79 Å². The van der Waals surface area contributed by atoms with E-state index in [1.807, 2.05) is 18.2 Å². The fourth-order valence-electron chi connectivity index (χ4n) is 4.32. The van der Waals surface area contributed by atoms with Crippen LogP contribution in [0.4, 0.5) is 21.9 Å². The number of hydrogen-bond acceptors (Lipinski definition) is 6. The first-order valence-corrected chi connectivity index (χ1v) is 11.7. The number of phenolic OH excluding ortho intramolecular Hbond substituents is 1. The van der Waals surface area contributed by atoms with E-state index in [-0.39, 0.29) is 22.3 Å². The van der Waals surface area contributed by atoms with Gasteiger partial charge in [0.2, 0.25) is 5.75 Å². The average Bonchev–Trinajstić information content (AvgIpc) is 2.80. The summed E-state index contributed by atoms with van der Waals surface area (Å²) in [6.45, 7) is 10.9. The van der Waals surface area contributed by atoms with E-state index in [1.54, 1.807) is 36.4 Å². The van der Waals surface area contributed by atoms with Crippen LogP contribution in [0.3, 0.4) is 0 Å². The number of nitro benzene ring substituents is 1. The van der Waals surface area contributed by atoms with Gasteiger partial charge in [0.15, 0.2) is 0 Å². The Labute approximate surface area is 215 Å². The number of nitriles is 1. The van der Waals surface area contributed by atoms with Crippen LogP contribution in [0.5, 0.6) is 17.2 Å². The minimum Gasteiger partial charge on any atom is -0.505 e. The van der Waals surface area contributed by atoms with E-state index in [9.17, 15) is 20.0 Å². The SMILES string of the molecule is CC(C)(C)CC(C)(C)c1ccc(Oc2cc(NC(=O)Nc3ccc(C#N)cc3)c(O)cc2[N+](=O)[O-])cc1. The normalized spacial score (nSPS) is 11.4. The molecule has 37 heavy (non-hydrogen) atoms. The summed E-state index contributed by atoms with van der Waals surface area (Å²) < 4.78 is 5.81. The Hall–Kier alpha value is -4.58. The van der Waals surface area contributed by atoms with Gasteiger partial charge < -0.3 is 20.5 Å². The van der Waals surface area contributed by atoms with Crippen LogP contribution < -0.4 is 15.4 Å². The van der Waals surface area contributed by atoms with Gasteiger partial charge in [-0.3, -0.25) is 10.1 Å². The maximum Gasteiger partial charge on any atom is 0.323 e. The van der Waals surface area contributed by atoms with E-state index >= 15 is 0 Å². The van der Waals surface area contributed by atoms with Crippen LogP contribution in [0.25, 0.3) is 0 Å². The highest BCUT2D eigenvalue weighted by Gasteiger charge is 2.27. The predicted octanol–water partition coefficient (Wildman–Crippen LogP) is 7.32. The molecular formula is C28H30N4O5. The van der Waals surface area contributed by atoms with Gasteiger partial charge in [0.1, 0.15) is 11.5 Å². The third-order valence-corrected chi connectivity index (χ3v) is 5.63. The standard InChI is InChI=1S/C28H30N4O5/c1-27(2,3)17-28(4,5)19-8-12-21(13-9-19)37-25-14-22(24(33)15-23(25)32(35)36)31-26(34)30-20-10-6-18(16-29)7-11-20/h6-15,33H,17H2,1-5H3,(H2,30,31,34). The minimum atomic E-state index is -0.690. The summed E-state index contributed by atoms with van der Waals surface area (Å²) in [5.41, 5.74) is 1.50. The average molecular weight is 503 g/mol. The smallest absolute Gasteiger partial charge is 0.323 e. The number of rotatable bonds is 7. The Morgan fingerprint density at radius 2 is 1.65 bits per heavy atom. The lowest BCUT2D eigenvalue weighted by atomic mass is 9.72. The second-order valence-electron chi connectivity index (χ2n) is 10.6. The van der Waals surface area contributed by atoms with Crippen LogP contribution in [0.15, 0.2) is 60.7 Å². The molecule has 0 aliphatic heterocycles. The summed E-state index contributed by atoms with van der Waals surface area (Å²) in [6, 6.07) is 16.9. The molecule has 192 valence electrons. The fourth-order valence-corrected chi connectivity index (χ4v) is 4.32. The van der Waals surface area contributed by atoms with Crippen molar-refractivity contribution in [1.29, 1.82) is 5.26 Å². The van der Waals surface area contributed by atoms with Gasteiger partial charge in [0.25, 0.3) is 0 Å². The fraction of sp³-hybridized carbons (Fsp3) is 0.286. The molecule has 3 aromatic carbocycles. The maximum atomic E-state index is 12.4. The highest BCUT2D eigenvalue weighted by molar-refractivity contribution is 6.01. The minimum absolute atomic E-state index is 0.0744. The lowest BCUT2D eigenvalue weighted by Gasteiger charge is -2.33. The van der Waals surface area contributed by atoms with Crippen molar-refractivity contribution in [3.63, 3.8) is 0 Å². The number of nitrogens with one attached hydrogen (secondary N) is 2. The summed E-state index contributed by atoms with van der Waals surface area (Å²) in [5, 5.41) is 35.8. The number of urea groups is 1. The molecular weight excluding hydrogens is 472 g/mol. The van der Waals surface area contributed by atoms with E-state index in [0.29, 0.717) is 17.0 Å². The van der Waals surface area contributed by atoms with Crippen LogP contribution >= 0.6 is 0 Å². The number of carbonyl (C=O) groups is 1. The van der Waals surface area contributed by atoms with Gasteiger partial charge in [-0.15, -0.1) is 0 Å². The number of amides is 2. The number of hydrogen-bond donors (Lipinski definition) is 3. The zero-order valence-corrected chi connectivity index (χ0v) is 21.5. The third kappa shape index (κ3) is 7.21. The maximum absolute atomic E-state index is 12.4. The largest absolute Gasteiger partial charge is 0.505 e. The predicted molar refractivity (Wildman–Crippen MR) is 142 cm³/mol. The number of ether oxygens (including phenoxy) is 1. The van der Waals surface area contributed by atoms with Crippen molar-refractivity contribution in [1.82, 2.24) is 0 Å². The van der Waals surface area contributed by atoms with E-state index in [4.69, 9.17) is 10.00 Å². The first-order chi connectivity index (χ1) is 17.3. The van der Waals surface area contributed by atoms with Gasteiger partial charge in [0, 0.05) is 11.8 Å². The highest BCUT2D eigenvalue weighted by Crippen LogP contribution is 2.41. The van der Waals surface area contributed by atoms with Crippen molar-refractivity contribution in [3.8, 4) is 23.3 Å². The third-order valence-electron chi connectivity index (χ3n) is 5.63. The molecule has 0 bridgehead atoms. The Morgan fingerprint density at radius 1 is 1.03 bits per heavy atom. The van der Waals surface area contributed by atoms with Crippen molar-refractivity contribution < 1.29 is 19.6 Å². The van der Waals surface area contributed by atoms with Gasteiger partial charge in [-0.2, -0.15) is 5.26 Å². The molecule has 0 aliphatic carbocycles. The van der Waals surface area contributed by atoms with Gasteiger partial charge >= 0.3 is 11.7 Å². The van der Waals surface area contributed by atoms with E-state index in [1.165, 1.54) is 6.07 Å². The quantitative estimate of drug-likeness (QED) is 0.176. The van der Waals surface area contributed by atoms with Crippen molar-refractivity contribution >= 4 is 23.1 Å². The molecule has 9 nitrogen and oxygen atoms in total. The van der Waals surface area contributed by atoms with E-state index in [2.05, 4.69) is 45.3 Å². The highest BCUT2D eigenvalue weighted by atomic mass is 16.6. The lowest BCUT2D eigenvalue weighted by molar-refractivity contribution is -0.385. The number of carbonyl (C=O) groups excluding carboxylic acids is 1. The molecule has 0 spiro atoms. The first kappa shape index (κ1) is 27.0. The van der Waals surface area contributed by atoms with Crippen LogP contribution in [-0.2, 0) is 5.41 Å². The number of nitro groups is 1. The molecule has 0 saturated heterocycles. The van der Waals surface area contributed by atoms with Crippen LogP contribution in [0.2, 0.25) is 0 Å². The Kier molecular flexibility index (Phi) is 7.73. The molecule has 3 N–H and O–H groups in total. The number of nitrogens with zero attached hydrogens (tertiary/aromatic N) is 2. The number of aromatic hydroxyl groups is 1. The van der Waals surface area contributed by atoms with E-state index < -0.39 is 22.4 Å². The first-order valence-electron chi connectivity index (χ1n) is 11.7. The molecule has 9 heteroatoms. The lowest BCUT2D eigenvalue weighted by Crippen LogP contribution is -2.24. The van der Waals surface area contributed by atoms with Crippen LogP contribution in [0, 0.1) is 26.9 Å². The zero-order chi connectivity index (χ0) is 27.4. The van der Waals surface area contributed by atoms with Crippen molar-refractivity contribution in [2.75, 3.05) is 10.6 Å². The molecule has 0 atom stereocenters. The summed E-state index contributed by atoms with van der Waals surface area (Å²) >= 11 is 0. The van der Waals surface area contributed by atoms with Crippen molar-refractivity contribution in [3.05, 3.63) is 81.9 Å². The molecule has 3 aromatic rings. The van der Waals surface area contributed by atoms with Gasteiger partial charge in [-0.1, -0.05) is 46.8 Å². The summed E-state index contributed by atoms with van der Waals surface area (Å²) in [5.74, 6) is -0.261. The van der Waals surface area contributed by atoms with Crippen LogP contribution in [-0.4, -0.2) is 16.1 Å². The number of phenols is 1. The Bertz CT molecular complexity index is 1340. The Balaban J connectivity index is 1.81. The molecule has 0 aliphatic rings. The molecule has 2 amide bonds. The number of anilines is 2. The van der Waals surface area contributed by atoms with Crippen molar-refractivity contribution in [2.24, 2.45) is 5.41 Å². The van der Waals surface area contributed by atoms with Crippen molar-refractivity contribution in [2.45, 2.75) is 46.5 Å². The molecule has 3 rings (SSSR count). The Morgan fingerprint density at radius 3 is 2.19 bits per heavy atom. The summed E-state index contributed by atoms with van der Waals surface area (Å²) in [7, 11) is 0. The molecule has 0 fully saturated rings. The second-order valence-corrected chi connectivity index (χ2v) is 10.6. The molecule has 0 radical (unpaired) electrons. The molecule has 0 aromatic heterocycles. The summed E-state index contributed by atoms with van der Waals surface area (Å²) in [6.07, 6.45) is 0.962. The topological polar surface area (TPSA) is 138 Å². The second kappa shape index (κ2) is 10.6. The van der Waals surface area contributed by atoms with E-state index in [0.717, 1.165) is 18.1 Å². The molecule has 0 saturated carbocycles. The molecule has 0 heterocycles.